The highest BCUT2D eigenvalue weighted by Crippen LogP contribution is 2.50. The van der Waals surface area contributed by atoms with Gasteiger partial charge in [0.2, 0.25) is 0 Å². The van der Waals surface area contributed by atoms with Gasteiger partial charge < -0.3 is 14.2 Å². The van der Waals surface area contributed by atoms with Gasteiger partial charge in [0, 0.05) is 35.2 Å². The highest BCUT2D eigenvalue weighted by molar-refractivity contribution is 6.13. The summed E-state index contributed by atoms with van der Waals surface area (Å²) in [5.74, 6) is 0. The maximum absolute atomic E-state index is 6.41. The number of nitrogens with zero attached hydrogens (tertiary/aromatic N) is 2. The molecule has 0 fully saturated rings. The van der Waals surface area contributed by atoms with Crippen LogP contribution in [-0.2, 0) is 16.2 Å². The van der Waals surface area contributed by atoms with Crippen LogP contribution in [0.4, 0.5) is 28.4 Å². The van der Waals surface area contributed by atoms with E-state index in [1.165, 1.54) is 46.5 Å². The lowest BCUT2D eigenvalue weighted by Gasteiger charge is -2.42. The van der Waals surface area contributed by atoms with Gasteiger partial charge in [-0.3, -0.25) is 0 Å². The van der Waals surface area contributed by atoms with Gasteiger partial charge in [0.15, 0.2) is 0 Å². The fourth-order valence-electron chi connectivity index (χ4n) is 7.49. The second-order valence-corrected chi connectivity index (χ2v) is 16.0. The Balaban J connectivity index is 1.44. The minimum absolute atomic E-state index is 0.0953. The van der Waals surface area contributed by atoms with Crippen LogP contribution in [0.3, 0.4) is 0 Å². The first-order valence-electron chi connectivity index (χ1n) is 17.0. The van der Waals surface area contributed by atoms with E-state index in [2.05, 4.69) is 169 Å². The molecule has 7 rings (SSSR count). The van der Waals surface area contributed by atoms with E-state index in [1.54, 1.807) is 0 Å². The second kappa shape index (κ2) is 11.0. The lowest BCUT2D eigenvalue weighted by Crippen LogP contribution is -2.34. The summed E-state index contributed by atoms with van der Waals surface area (Å²) < 4.78 is 6.41. The van der Waals surface area contributed by atoms with Gasteiger partial charge in [-0.1, -0.05) is 90.9 Å². The van der Waals surface area contributed by atoms with Gasteiger partial charge in [-0.15, -0.1) is 0 Å². The molecule has 1 aromatic heterocycles. The van der Waals surface area contributed by atoms with Crippen LogP contribution in [-0.4, -0.2) is 7.05 Å². The molecule has 0 saturated heterocycles. The van der Waals surface area contributed by atoms with Gasteiger partial charge in [0.05, 0.1) is 11.1 Å². The summed E-state index contributed by atoms with van der Waals surface area (Å²) >= 11 is 0. The van der Waals surface area contributed by atoms with Crippen molar-refractivity contribution in [3.63, 3.8) is 0 Å². The van der Waals surface area contributed by atoms with Gasteiger partial charge in [-0.05, 0) is 119 Å². The minimum Gasteiger partial charge on any atom is -0.456 e. The molecule has 0 aliphatic heterocycles. The van der Waals surface area contributed by atoms with Crippen LogP contribution in [0.1, 0.15) is 83.6 Å². The normalized spacial score (nSPS) is 15.5. The monoisotopic (exact) mass is 620 g/mol. The molecule has 5 aromatic carbocycles. The fourth-order valence-corrected chi connectivity index (χ4v) is 7.49. The molecule has 1 aliphatic carbocycles. The van der Waals surface area contributed by atoms with Crippen molar-refractivity contribution in [2.75, 3.05) is 16.8 Å². The summed E-state index contributed by atoms with van der Waals surface area (Å²) in [6.07, 6.45) is 2.37. The number of hydrogen-bond acceptors (Lipinski definition) is 3. The quantitative estimate of drug-likeness (QED) is 0.191. The topological polar surface area (TPSA) is 19.6 Å². The third kappa shape index (κ3) is 5.50. The average Bonchev–Trinajstić information content (AvgIpc) is 3.42. The van der Waals surface area contributed by atoms with Crippen LogP contribution in [0.25, 0.3) is 21.9 Å². The molecule has 0 unspecified atom stereocenters. The van der Waals surface area contributed by atoms with Crippen molar-refractivity contribution in [1.29, 1.82) is 0 Å². The van der Waals surface area contributed by atoms with E-state index < -0.39 is 0 Å². The number of rotatable bonds is 5. The van der Waals surface area contributed by atoms with Crippen LogP contribution in [0.15, 0.2) is 108 Å². The van der Waals surface area contributed by atoms with Gasteiger partial charge in [0.1, 0.15) is 11.2 Å². The van der Waals surface area contributed by atoms with Crippen molar-refractivity contribution in [3.8, 4) is 0 Å². The molecule has 3 nitrogen and oxygen atoms in total. The van der Waals surface area contributed by atoms with Crippen molar-refractivity contribution in [2.24, 2.45) is 0 Å². The molecule has 3 heteroatoms. The maximum Gasteiger partial charge on any atom is 0.137 e. The molecule has 1 aliphatic rings. The maximum atomic E-state index is 6.41. The molecule has 0 bridgehead atoms. The standard InChI is InChI=1S/C44H48N2O/c1-29-25-33(45(9)31-19-17-30(18-20-31)42(2,3)4)27-34(26-29)46(32-21-22-36-37(28-32)44(7,8)24-23-43(36,5)6)38-14-12-16-40-41(38)35-13-10-11-15-39(35)47-40/h10-22,25-28H,23-24H2,1-9H3. The molecule has 0 N–H and O–H groups in total. The molecule has 0 saturated carbocycles. The number of fused-ring (bicyclic) bond motifs is 4. The largest absolute Gasteiger partial charge is 0.456 e. The number of para-hydroxylation sites is 1. The summed E-state index contributed by atoms with van der Waals surface area (Å²) in [5, 5.41) is 2.26. The smallest absolute Gasteiger partial charge is 0.137 e. The van der Waals surface area contributed by atoms with Crippen molar-refractivity contribution < 1.29 is 4.42 Å². The highest BCUT2D eigenvalue weighted by atomic mass is 16.3. The average molecular weight is 621 g/mol. The zero-order valence-electron chi connectivity index (χ0n) is 29.5. The summed E-state index contributed by atoms with van der Waals surface area (Å²) in [4.78, 5) is 4.75. The summed E-state index contributed by atoms with van der Waals surface area (Å²) in [7, 11) is 2.17. The summed E-state index contributed by atoms with van der Waals surface area (Å²) in [5.41, 5.74) is 13.4. The predicted molar refractivity (Wildman–Crippen MR) is 202 cm³/mol. The van der Waals surface area contributed by atoms with E-state index in [0.717, 1.165) is 39.0 Å². The van der Waals surface area contributed by atoms with Crippen LogP contribution >= 0.6 is 0 Å². The Morgan fingerprint density at radius 3 is 1.98 bits per heavy atom. The molecule has 6 aromatic rings. The van der Waals surface area contributed by atoms with Gasteiger partial charge in [0.25, 0.3) is 0 Å². The molecular formula is C44H48N2O. The van der Waals surface area contributed by atoms with E-state index >= 15 is 0 Å². The van der Waals surface area contributed by atoms with E-state index in [4.69, 9.17) is 4.42 Å². The lowest BCUT2D eigenvalue weighted by atomic mass is 9.63. The van der Waals surface area contributed by atoms with Crippen LogP contribution in [0, 0.1) is 6.92 Å². The van der Waals surface area contributed by atoms with Gasteiger partial charge in [-0.25, -0.2) is 0 Å². The van der Waals surface area contributed by atoms with E-state index in [1.807, 2.05) is 6.07 Å². The first-order valence-corrected chi connectivity index (χ1v) is 17.0. The molecule has 1 heterocycles. The molecular weight excluding hydrogens is 572 g/mol. The first-order chi connectivity index (χ1) is 22.2. The summed E-state index contributed by atoms with van der Waals surface area (Å²) in [6, 6.07) is 38.0. The van der Waals surface area contributed by atoms with Crippen molar-refractivity contribution in [2.45, 2.75) is 84.5 Å². The third-order valence-electron chi connectivity index (χ3n) is 10.5. The van der Waals surface area contributed by atoms with E-state index in [-0.39, 0.29) is 16.2 Å². The first kappa shape index (κ1) is 31.1. The third-order valence-corrected chi connectivity index (χ3v) is 10.5. The Morgan fingerprint density at radius 1 is 0.617 bits per heavy atom. The fraction of sp³-hybridized carbons (Fsp3) is 0.318. The van der Waals surface area contributed by atoms with Crippen molar-refractivity contribution in [1.82, 2.24) is 0 Å². The number of hydrogen-bond donors (Lipinski definition) is 0. The Labute approximate surface area is 280 Å². The number of benzene rings is 5. The molecule has 0 radical (unpaired) electrons. The molecule has 47 heavy (non-hydrogen) atoms. The number of anilines is 5. The SMILES string of the molecule is Cc1cc(N(C)c2ccc(C(C)(C)C)cc2)cc(N(c2ccc3c(c2)C(C)(C)CCC3(C)C)c2cccc3oc4ccccc4c23)c1. The zero-order valence-corrected chi connectivity index (χ0v) is 29.5. The molecule has 240 valence electrons. The second-order valence-electron chi connectivity index (χ2n) is 16.0. The van der Waals surface area contributed by atoms with Gasteiger partial charge in [-0.2, -0.15) is 0 Å². The zero-order chi connectivity index (χ0) is 33.3. The number of aryl methyl sites for hydroxylation is 1. The predicted octanol–water partition coefficient (Wildman–Crippen LogP) is 12.8. The van der Waals surface area contributed by atoms with Crippen molar-refractivity contribution in [3.05, 3.63) is 125 Å². The van der Waals surface area contributed by atoms with Crippen molar-refractivity contribution >= 4 is 50.4 Å². The molecule has 0 atom stereocenters. The molecule has 0 spiro atoms. The van der Waals surface area contributed by atoms with Crippen LogP contribution < -0.4 is 9.80 Å². The van der Waals surface area contributed by atoms with Crippen LogP contribution in [0.2, 0.25) is 0 Å². The Hall–Kier alpha value is -4.50. The highest BCUT2D eigenvalue weighted by Gasteiger charge is 2.37. The van der Waals surface area contributed by atoms with E-state index in [0.29, 0.717) is 0 Å². The Morgan fingerprint density at radius 2 is 1.26 bits per heavy atom. The van der Waals surface area contributed by atoms with Crippen LogP contribution in [0.5, 0.6) is 0 Å². The lowest BCUT2D eigenvalue weighted by molar-refractivity contribution is 0.332. The Bertz CT molecular complexity index is 2110. The van der Waals surface area contributed by atoms with E-state index in [9.17, 15) is 0 Å². The van der Waals surface area contributed by atoms with Gasteiger partial charge >= 0.3 is 0 Å². The molecule has 0 amide bonds. The minimum atomic E-state index is 0.0953. The number of furan rings is 1. The Kier molecular flexibility index (Phi) is 7.31. The summed E-state index contributed by atoms with van der Waals surface area (Å²) in [6.45, 7) is 18.6.